The van der Waals surface area contributed by atoms with E-state index in [4.69, 9.17) is 4.52 Å². The molecule has 11 heteroatoms. The molecule has 3 aromatic carbocycles. The van der Waals surface area contributed by atoms with Crippen molar-refractivity contribution in [3.63, 3.8) is 0 Å². The van der Waals surface area contributed by atoms with Gasteiger partial charge < -0.3 is 30.7 Å². The summed E-state index contributed by atoms with van der Waals surface area (Å²) in [4.78, 5) is 32.0. The molecule has 3 aliphatic rings. The summed E-state index contributed by atoms with van der Waals surface area (Å²) in [6.07, 6.45) is 9.12. The summed E-state index contributed by atoms with van der Waals surface area (Å²) in [5.74, 6) is 3.66. The highest BCUT2D eigenvalue weighted by atomic mass is 16.5. The number of aromatic nitrogens is 1. The van der Waals surface area contributed by atoms with Crippen LogP contribution in [-0.4, -0.2) is 42.6 Å². The number of urea groups is 1. The van der Waals surface area contributed by atoms with Crippen LogP contribution in [0.15, 0.2) is 119 Å². The van der Waals surface area contributed by atoms with Crippen LogP contribution in [0.3, 0.4) is 0 Å². The van der Waals surface area contributed by atoms with Gasteiger partial charge in [0, 0.05) is 53.2 Å². The lowest BCUT2D eigenvalue weighted by Crippen LogP contribution is -2.38. The molecule has 1 aliphatic carbocycles. The summed E-state index contributed by atoms with van der Waals surface area (Å²) >= 11 is 0. The standard InChI is InChI=1S/C29H35N5O3.C21H29N3/c1-19(2)20-6-12-24(13-7-20)34-16-14-21(15-17-34)27(35)30-22-8-10-23(11-9-22)31-28(36)32-26-18-25(37-33-26)29(3,4)5;1-15(24-20-13-18(14-22-20)21(2,3)4)23-19-11-9-17(10-12-19)8-7-16-5-6-16/h6-13,18,21H,1,14-17H2,2-5H3,(H,30,35)(H2,31,32,33,36);9-13,16,23H,1,5-8,14H2,2-4H3,(H,22,24). The second-order valence-corrected chi connectivity index (χ2v) is 18.6. The first-order chi connectivity index (χ1) is 29.0. The zero-order chi connectivity index (χ0) is 43.7. The smallest absolute Gasteiger partial charge is 0.324 e. The third kappa shape index (κ3) is 13.4. The molecule has 61 heavy (non-hydrogen) atoms. The number of rotatable bonds is 12. The van der Waals surface area contributed by atoms with Gasteiger partial charge in [0.1, 0.15) is 17.4 Å². The minimum atomic E-state index is -0.424. The molecule has 0 bridgehead atoms. The van der Waals surface area contributed by atoms with Crippen molar-refractivity contribution in [2.75, 3.05) is 45.8 Å². The molecule has 3 amide bonds. The fourth-order valence-electron chi connectivity index (χ4n) is 7.05. The number of anilines is 5. The predicted molar refractivity (Wildman–Crippen MR) is 252 cm³/mol. The Balaban J connectivity index is 0.000000223. The van der Waals surface area contributed by atoms with Crippen LogP contribution in [-0.2, 0) is 16.6 Å². The maximum atomic E-state index is 12.8. The third-order valence-electron chi connectivity index (χ3n) is 11.3. The van der Waals surface area contributed by atoms with Crippen molar-refractivity contribution in [1.82, 2.24) is 10.5 Å². The van der Waals surface area contributed by atoms with Gasteiger partial charge in [-0.05, 0) is 115 Å². The Morgan fingerprint density at radius 3 is 1.92 bits per heavy atom. The number of benzene rings is 3. The minimum Gasteiger partial charge on any atom is -0.371 e. The van der Waals surface area contributed by atoms with E-state index in [9.17, 15) is 9.59 Å². The first-order valence-electron chi connectivity index (χ1n) is 21.5. The SMILES string of the molecule is C=C(C)c1ccc(N2CCC(C(=O)Nc3ccc(NC(=O)Nc4cc(C(C)(C)C)on4)cc3)CC2)cc1.C=C(NC1=NCC(C(C)(C)C)=C1)Nc1ccc(CCC2CC2)cc1. The van der Waals surface area contributed by atoms with Crippen LogP contribution >= 0.6 is 0 Å². The number of carbonyl (C=O) groups is 2. The molecule has 5 N–H and O–H groups in total. The van der Waals surface area contributed by atoms with Crippen LogP contribution in [0.4, 0.5) is 33.4 Å². The van der Waals surface area contributed by atoms with Gasteiger partial charge in [0.05, 0.1) is 6.54 Å². The zero-order valence-electron chi connectivity index (χ0n) is 37.1. The topological polar surface area (TPSA) is 136 Å². The van der Waals surface area contributed by atoms with E-state index in [2.05, 4.69) is 130 Å². The second kappa shape index (κ2) is 19.5. The number of nitrogens with one attached hydrogen (secondary N) is 5. The van der Waals surface area contributed by atoms with Crippen molar-refractivity contribution in [3.05, 3.63) is 126 Å². The number of allylic oxidation sites excluding steroid dienone is 1. The lowest BCUT2D eigenvalue weighted by atomic mass is 9.87. The van der Waals surface area contributed by atoms with E-state index in [1.807, 2.05) is 27.7 Å². The van der Waals surface area contributed by atoms with Gasteiger partial charge in [-0.15, -0.1) is 0 Å². The van der Waals surface area contributed by atoms with E-state index < -0.39 is 6.03 Å². The average molecular weight is 825 g/mol. The molecule has 3 heterocycles. The molecule has 2 aliphatic heterocycles. The number of aryl methyl sites for hydroxylation is 1. The van der Waals surface area contributed by atoms with Crippen LogP contribution in [0.2, 0.25) is 0 Å². The summed E-state index contributed by atoms with van der Waals surface area (Å²) in [5, 5.41) is 18.9. The van der Waals surface area contributed by atoms with Crippen LogP contribution in [0, 0.1) is 17.3 Å². The number of aliphatic imine (C=N–C) groups is 1. The predicted octanol–water partition coefficient (Wildman–Crippen LogP) is 11.4. The van der Waals surface area contributed by atoms with Crippen molar-refractivity contribution < 1.29 is 14.1 Å². The molecular weight excluding hydrogens is 761 g/mol. The van der Waals surface area contributed by atoms with E-state index in [1.54, 1.807) is 30.3 Å². The van der Waals surface area contributed by atoms with E-state index in [-0.39, 0.29) is 22.7 Å². The van der Waals surface area contributed by atoms with Gasteiger partial charge in [-0.2, -0.15) is 0 Å². The number of hydrogen-bond donors (Lipinski definition) is 5. The molecule has 322 valence electrons. The van der Waals surface area contributed by atoms with Gasteiger partial charge >= 0.3 is 6.03 Å². The van der Waals surface area contributed by atoms with Crippen molar-refractivity contribution in [2.45, 2.75) is 92.4 Å². The number of amides is 3. The number of carbonyl (C=O) groups excluding carboxylic acids is 2. The van der Waals surface area contributed by atoms with Gasteiger partial charge in [-0.1, -0.05) is 103 Å². The molecule has 0 spiro atoms. The Morgan fingerprint density at radius 2 is 1.36 bits per heavy atom. The Morgan fingerprint density at radius 1 is 0.754 bits per heavy atom. The van der Waals surface area contributed by atoms with Crippen LogP contribution < -0.4 is 31.5 Å². The van der Waals surface area contributed by atoms with E-state index in [0.29, 0.717) is 23.0 Å². The zero-order valence-corrected chi connectivity index (χ0v) is 37.1. The Labute approximate surface area is 362 Å². The van der Waals surface area contributed by atoms with Crippen molar-refractivity contribution in [3.8, 4) is 0 Å². The maximum Gasteiger partial charge on any atom is 0.324 e. The second-order valence-electron chi connectivity index (χ2n) is 18.6. The average Bonchev–Trinajstić information content (AvgIpc) is 3.70. The van der Waals surface area contributed by atoms with Crippen molar-refractivity contribution in [1.29, 1.82) is 0 Å². The molecule has 1 aromatic heterocycles. The van der Waals surface area contributed by atoms with Crippen molar-refractivity contribution in [2.24, 2.45) is 22.2 Å². The highest BCUT2D eigenvalue weighted by Crippen LogP contribution is 2.34. The monoisotopic (exact) mass is 825 g/mol. The highest BCUT2D eigenvalue weighted by molar-refractivity contribution is 5.99. The van der Waals surface area contributed by atoms with Gasteiger partial charge in [0.15, 0.2) is 5.82 Å². The molecular formula is C50H64N8O3. The Kier molecular flexibility index (Phi) is 14.2. The van der Waals surface area contributed by atoms with Gasteiger partial charge in [-0.25, -0.2) is 4.79 Å². The van der Waals surface area contributed by atoms with Crippen LogP contribution in [0.25, 0.3) is 5.57 Å². The maximum absolute atomic E-state index is 12.8. The van der Waals surface area contributed by atoms with Crippen LogP contribution in [0.1, 0.15) is 97.5 Å². The van der Waals surface area contributed by atoms with Gasteiger partial charge in [-0.3, -0.25) is 15.1 Å². The molecule has 0 atom stereocenters. The summed E-state index contributed by atoms with van der Waals surface area (Å²) in [5.41, 5.74) is 8.45. The number of hydrogen-bond acceptors (Lipinski definition) is 8. The lowest BCUT2D eigenvalue weighted by Gasteiger charge is -2.33. The lowest BCUT2D eigenvalue weighted by molar-refractivity contribution is -0.120. The first-order valence-corrected chi connectivity index (χ1v) is 21.5. The van der Waals surface area contributed by atoms with Gasteiger partial charge in [0.25, 0.3) is 0 Å². The molecule has 11 nitrogen and oxygen atoms in total. The van der Waals surface area contributed by atoms with E-state index in [0.717, 1.165) is 66.9 Å². The Bertz CT molecular complexity index is 2210. The van der Waals surface area contributed by atoms with E-state index >= 15 is 0 Å². The molecule has 1 saturated carbocycles. The molecule has 7 rings (SSSR count). The molecule has 0 radical (unpaired) electrons. The normalized spacial score (nSPS) is 15.4. The molecule has 0 unspecified atom stereocenters. The molecule has 2 fully saturated rings. The largest absolute Gasteiger partial charge is 0.371 e. The molecule has 1 saturated heterocycles. The number of amidine groups is 1. The fraction of sp³-hybridized carbons (Fsp3) is 0.400. The quantitative estimate of drug-likeness (QED) is 0.0959. The van der Waals surface area contributed by atoms with Crippen molar-refractivity contribution >= 4 is 51.9 Å². The highest BCUT2D eigenvalue weighted by Gasteiger charge is 2.26. The number of nitrogens with zero attached hydrogens (tertiary/aromatic N) is 3. The molecule has 4 aromatic rings. The summed E-state index contributed by atoms with van der Waals surface area (Å²) in [6, 6.07) is 25.4. The fourth-order valence-corrected chi connectivity index (χ4v) is 7.05. The Hall–Kier alpha value is -6.10. The summed E-state index contributed by atoms with van der Waals surface area (Å²) in [6.45, 7) is 25.2. The van der Waals surface area contributed by atoms with E-state index in [1.165, 1.54) is 42.5 Å². The van der Waals surface area contributed by atoms with Gasteiger partial charge in [0.2, 0.25) is 5.91 Å². The first kappa shape index (κ1) is 44.5. The van der Waals surface area contributed by atoms with Crippen LogP contribution in [0.5, 0.6) is 0 Å². The number of piperidine rings is 1. The third-order valence-corrected chi connectivity index (χ3v) is 11.3. The summed E-state index contributed by atoms with van der Waals surface area (Å²) < 4.78 is 5.28. The minimum absolute atomic E-state index is 0.0245. The summed E-state index contributed by atoms with van der Waals surface area (Å²) in [7, 11) is 0.